The Morgan fingerprint density at radius 3 is 2.61 bits per heavy atom. The smallest absolute Gasteiger partial charge is 0.319 e. The Balaban J connectivity index is 1.93. The lowest BCUT2D eigenvalue weighted by atomic mass is 10.2. The van der Waals surface area contributed by atoms with Crippen LogP contribution in [-0.2, 0) is 6.61 Å². The van der Waals surface area contributed by atoms with Gasteiger partial charge in [0.2, 0.25) is 0 Å². The minimum absolute atomic E-state index is 0.0985. The number of hydrogen-bond donors (Lipinski definition) is 3. The lowest BCUT2D eigenvalue weighted by Gasteiger charge is -2.14. The molecule has 0 aromatic heterocycles. The van der Waals surface area contributed by atoms with E-state index in [0.717, 1.165) is 16.9 Å². The third-order valence-electron chi connectivity index (χ3n) is 3.35. The molecule has 1 atom stereocenters. The van der Waals surface area contributed by atoms with Crippen molar-refractivity contribution in [2.45, 2.75) is 26.5 Å². The van der Waals surface area contributed by atoms with Gasteiger partial charge >= 0.3 is 6.03 Å². The molecule has 0 bridgehead atoms. The van der Waals surface area contributed by atoms with Crippen molar-refractivity contribution in [3.8, 4) is 5.75 Å². The van der Waals surface area contributed by atoms with Crippen LogP contribution in [0.4, 0.5) is 10.5 Å². The highest BCUT2D eigenvalue weighted by atomic mass is 16.5. The Morgan fingerprint density at radius 2 is 1.96 bits per heavy atom. The number of aryl methyl sites for hydroxylation is 1. The SMILES string of the molecule is Cc1cc(OCc2ccccc2)ccc1NC(=O)NC(C)CO. The minimum atomic E-state index is -0.340. The van der Waals surface area contributed by atoms with Gasteiger partial charge in [0.05, 0.1) is 12.6 Å². The molecule has 5 nitrogen and oxygen atoms in total. The molecule has 2 aromatic rings. The molecule has 122 valence electrons. The Morgan fingerprint density at radius 1 is 1.22 bits per heavy atom. The minimum Gasteiger partial charge on any atom is -0.489 e. The summed E-state index contributed by atoms with van der Waals surface area (Å²) in [6.45, 7) is 4.04. The number of benzene rings is 2. The number of amides is 2. The van der Waals surface area contributed by atoms with Crippen molar-refractivity contribution in [2.24, 2.45) is 0 Å². The number of carbonyl (C=O) groups is 1. The van der Waals surface area contributed by atoms with Gasteiger partial charge in [0.1, 0.15) is 12.4 Å². The van der Waals surface area contributed by atoms with Crippen LogP contribution in [0.5, 0.6) is 5.75 Å². The lowest BCUT2D eigenvalue weighted by Crippen LogP contribution is -2.38. The summed E-state index contributed by atoms with van der Waals surface area (Å²) in [6, 6.07) is 14.8. The molecule has 0 aliphatic heterocycles. The lowest BCUT2D eigenvalue weighted by molar-refractivity contribution is 0.229. The molecule has 0 radical (unpaired) electrons. The molecule has 23 heavy (non-hydrogen) atoms. The zero-order chi connectivity index (χ0) is 16.7. The standard InChI is InChI=1S/C18H22N2O3/c1-13-10-16(23-12-15-6-4-3-5-7-15)8-9-17(13)20-18(22)19-14(2)11-21/h3-10,14,21H,11-12H2,1-2H3,(H2,19,20,22). The molecule has 0 aliphatic carbocycles. The predicted molar refractivity (Wildman–Crippen MR) is 90.7 cm³/mol. The quantitative estimate of drug-likeness (QED) is 0.767. The van der Waals surface area contributed by atoms with E-state index in [9.17, 15) is 4.79 Å². The first kappa shape index (κ1) is 16.8. The first-order valence-electron chi connectivity index (χ1n) is 7.54. The second-order valence-electron chi connectivity index (χ2n) is 5.43. The summed E-state index contributed by atoms with van der Waals surface area (Å²) in [6.07, 6.45) is 0. The third-order valence-corrected chi connectivity index (χ3v) is 3.35. The highest BCUT2D eigenvalue weighted by Gasteiger charge is 2.08. The second-order valence-corrected chi connectivity index (χ2v) is 5.43. The van der Waals surface area contributed by atoms with Crippen LogP contribution in [0.3, 0.4) is 0 Å². The van der Waals surface area contributed by atoms with Crippen LogP contribution in [-0.4, -0.2) is 23.8 Å². The fourth-order valence-corrected chi connectivity index (χ4v) is 2.03. The Hall–Kier alpha value is -2.53. The number of aliphatic hydroxyl groups is 1. The van der Waals surface area contributed by atoms with E-state index in [0.29, 0.717) is 12.3 Å². The molecule has 2 rings (SSSR count). The number of carbonyl (C=O) groups excluding carboxylic acids is 1. The molecule has 1 unspecified atom stereocenters. The van der Waals surface area contributed by atoms with Crippen LogP contribution < -0.4 is 15.4 Å². The van der Waals surface area contributed by atoms with Gasteiger partial charge in [-0.15, -0.1) is 0 Å². The topological polar surface area (TPSA) is 70.6 Å². The Bertz CT molecular complexity index is 644. The van der Waals surface area contributed by atoms with E-state index < -0.39 is 0 Å². The molecule has 0 fully saturated rings. The molecule has 0 saturated heterocycles. The van der Waals surface area contributed by atoms with Gasteiger partial charge in [0.15, 0.2) is 0 Å². The zero-order valence-corrected chi connectivity index (χ0v) is 13.4. The van der Waals surface area contributed by atoms with Gasteiger partial charge in [0, 0.05) is 5.69 Å². The number of aliphatic hydroxyl groups excluding tert-OH is 1. The number of hydrogen-bond acceptors (Lipinski definition) is 3. The molecule has 0 heterocycles. The van der Waals surface area contributed by atoms with E-state index in [1.807, 2.05) is 49.4 Å². The molecule has 3 N–H and O–H groups in total. The zero-order valence-electron chi connectivity index (χ0n) is 13.4. The monoisotopic (exact) mass is 314 g/mol. The van der Waals surface area contributed by atoms with Crippen LogP contribution in [0.25, 0.3) is 0 Å². The van der Waals surface area contributed by atoms with Gasteiger partial charge < -0.3 is 20.5 Å². The summed E-state index contributed by atoms with van der Waals surface area (Å²) < 4.78 is 5.75. The Kier molecular flexibility index (Phi) is 6.00. The molecule has 0 spiro atoms. The largest absolute Gasteiger partial charge is 0.489 e. The van der Waals surface area contributed by atoms with E-state index in [1.54, 1.807) is 13.0 Å². The van der Waals surface area contributed by atoms with Crippen molar-refractivity contribution in [2.75, 3.05) is 11.9 Å². The van der Waals surface area contributed by atoms with Gasteiger partial charge in [0.25, 0.3) is 0 Å². The van der Waals surface area contributed by atoms with Gasteiger partial charge in [-0.3, -0.25) is 0 Å². The fraction of sp³-hybridized carbons (Fsp3) is 0.278. The highest BCUT2D eigenvalue weighted by Crippen LogP contribution is 2.22. The number of ether oxygens (including phenoxy) is 1. The van der Waals surface area contributed by atoms with Gasteiger partial charge in [-0.1, -0.05) is 30.3 Å². The van der Waals surface area contributed by atoms with Crippen molar-refractivity contribution >= 4 is 11.7 Å². The van der Waals surface area contributed by atoms with Crippen molar-refractivity contribution in [1.29, 1.82) is 0 Å². The molecular formula is C18H22N2O3. The molecular weight excluding hydrogens is 292 g/mol. The van der Waals surface area contributed by atoms with Gasteiger partial charge in [-0.05, 0) is 43.2 Å². The van der Waals surface area contributed by atoms with Crippen molar-refractivity contribution in [3.05, 3.63) is 59.7 Å². The Labute approximate surface area is 136 Å². The van der Waals surface area contributed by atoms with E-state index >= 15 is 0 Å². The van der Waals surface area contributed by atoms with Crippen molar-refractivity contribution in [1.82, 2.24) is 5.32 Å². The summed E-state index contributed by atoms with van der Waals surface area (Å²) in [4.78, 5) is 11.8. The predicted octanol–water partition coefficient (Wildman–Crippen LogP) is 3.08. The molecule has 2 aromatic carbocycles. The maximum absolute atomic E-state index is 11.8. The summed E-state index contributed by atoms with van der Waals surface area (Å²) >= 11 is 0. The van der Waals surface area contributed by atoms with Gasteiger partial charge in [-0.2, -0.15) is 0 Å². The second kappa shape index (κ2) is 8.19. The maximum atomic E-state index is 11.8. The van der Waals surface area contributed by atoms with Crippen molar-refractivity contribution in [3.63, 3.8) is 0 Å². The van der Waals surface area contributed by atoms with Crippen LogP contribution in [0.1, 0.15) is 18.1 Å². The fourth-order valence-electron chi connectivity index (χ4n) is 2.03. The van der Waals surface area contributed by atoms with E-state index in [4.69, 9.17) is 9.84 Å². The normalized spacial score (nSPS) is 11.6. The summed E-state index contributed by atoms with van der Waals surface area (Å²) in [5.74, 6) is 0.751. The average Bonchev–Trinajstić information content (AvgIpc) is 2.56. The summed E-state index contributed by atoms with van der Waals surface area (Å²) in [5, 5.41) is 14.3. The number of urea groups is 1. The molecule has 2 amide bonds. The molecule has 5 heteroatoms. The molecule has 0 saturated carbocycles. The number of anilines is 1. The maximum Gasteiger partial charge on any atom is 0.319 e. The average molecular weight is 314 g/mol. The summed E-state index contributed by atoms with van der Waals surface area (Å²) in [7, 11) is 0. The van der Waals surface area contributed by atoms with Crippen molar-refractivity contribution < 1.29 is 14.6 Å². The van der Waals surface area contributed by atoms with Crippen LogP contribution in [0.15, 0.2) is 48.5 Å². The van der Waals surface area contributed by atoms with Crippen LogP contribution >= 0.6 is 0 Å². The van der Waals surface area contributed by atoms with E-state index in [2.05, 4.69) is 10.6 Å². The summed E-state index contributed by atoms with van der Waals surface area (Å²) in [5.41, 5.74) is 2.71. The number of nitrogens with one attached hydrogen (secondary N) is 2. The van der Waals surface area contributed by atoms with Gasteiger partial charge in [-0.25, -0.2) is 4.79 Å². The highest BCUT2D eigenvalue weighted by molar-refractivity contribution is 5.90. The van der Waals surface area contributed by atoms with Crippen LogP contribution in [0, 0.1) is 6.92 Å². The van der Waals surface area contributed by atoms with E-state index in [1.165, 1.54) is 0 Å². The number of rotatable bonds is 6. The third kappa shape index (κ3) is 5.30. The first-order valence-corrected chi connectivity index (χ1v) is 7.54. The first-order chi connectivity index (χ1) is 11.1. The molecule has 0 aliphatic rings. The van der Waals surface area contributed by atoms with Crippen LogP contribution in [0.2, 0.25) is 0 Å². The van der Waals surface area contributed by atoms with E-state index in [-0.39, 0.29) is 18.7 Å².